The molecular formula is C14H17N3O. The Labute approximate surface area is 107 Å². The Hall–Kier alpha value is -1.65. The van der Waals surface area contributed by atoms with Crippen molar-refractivity contribution in [2.45, 2.75) is 6.23 Å². The molecule has 0 bridgehead atoms. The predicted octanol–water partition coefficient (Wildman–Crippen LogP) is 1.62. The molecule has 1 saturated heterocycles. The summed E-state index contributed by atoms with van der Waals surface area (Å²) in [6, 6.07) is 10.4. The van der Waals surface area contributed by atoms with Crippen molar-refractivity contribution in [3.8, 4) is 0 Å². The molecular weight excluding hydrogens is 226 g/mol. The molecule has 4 nitrogen and oxygen atoms in total. The van der Waals surface area contributed by atoms with Gasteiger partial charge in [-0.25, -0.2) is 0 Å². The average Bonchev–Trinajstić information content (AvgIpc) is 2.46. The highest BCUT2D eigenvalue weighted by molar-refractivity contribution is 5.90. The van der Waals surface area contributed by atoms with Gasteiger partial charge in [0.1, 0.15) is 6.23 Å². The van der Waals surface area contributed by atoms with E-state index in [0.717, 1.165) is 30.8 Å². The Kier molecular flexibility index (Phi) is 3.13. The zero-order valence-corrected chi connectivity index (χ0v) is 10.5. The molecule has 1 aromatic heterocycles. The highest BCUT2D eigenvalue weighted by atomic mass is 16.5. The first-order valence-electron chi connectivity index (χ1n) is 6.24. The summed E-state index contributed by atoms with van der Waals surface area (Å²) in [4.78, 5) is 6.79. The number of pyridine rings is 1. The van der Waals surface area contributed by atoms with E-state index < -0.39 is 0 Å². The normalized spacial score (nSPS) is 20.3. The van der Waals surface area contributed by atoms with Gasteiger partial charge in [-0.2, -0.15) is 0 Å². The quantitative estimate of drug-likeness (QED) is 0.869. The SMILES string of the molecule is COC1CNCCN1c1cccc2cccnc12. The summed E-state index contributed by atoms with van der Waals surface area (Å²) in [5.74, 6) is 0. The number of benzene rings is 1. The topological polar surface area (TPSA) is 37.4 Å². The molecule has 0 spiro atoms. The fraction of sp³-hybridized carbons (Fsp3) is 0.357. The van der Waals surface area contributed by atoms with Crippen LogP contribution < -0.4 is 10.2 Å². The van der Waals surface area contributed by atoms with E-state index in [4.69, 9.17) is 4.74 Å². The lowest BCUT2D eigenvalue weighted by atomic mass is 10.1. The molecule has 1 aliphatic rings. The van der Waals surface area contributed by atoms with Gasteiger partial charge in [0.2, 0.25) is 0 Å². The zero-order valence-electron chi connectivity index (χ0n) is 10.5. The molecule has 0 aliphatic carbocycles. The van der Waals surface area contributed by atoms with Crippen molar-refractivity contribution in [2.24, 2.45) is 0 Å². The first-order chi connectivity index (χ1) is 8.90. The van der Waals surface area contributed by atoms with Gasteiger partial charge in [-0.15, -0.1) is 0 Å². The van der Waals surface area contributed by atoms with Crippen LogP contribution in [0.1, 0.15) is 0 Å². The number of para-hydroxylation sites is 1. The van der Waals surface area contributed by atoms with Gasteiger partial charge < -0.3 is 15.0 Å². The standard InChI is InChI=1S/C14H17N3O/c1-18-13-10-15-8-9-17(13)12-6-2-4-11-5-3-7-16-14(11)12/h2-7,13,15H,8-10H2,1H3. The molecule has 1 aliphatic heterocycles. The number of methoxy groups -OCH3 is 1. The minimum Gasteiger partial charge on any atom is -0.360 e. The summed E-state index contributed by atoms with van der Waals surface area (Å²) in [5.41, 5.74) is 2.20. The van der Waals surface area contributed by atoms with Crippen molar-refractivity contribution in [1.29, 1.82) is 0 Å². The van der Waals surface area contributed by atoms with Crippen molar-refractivity contribution in [3.05, 3.63) is 36.5 Å². The number of hydrogen-bond donors (Lipinski definition) is 1. The molecule has 0 radical (unpaired) electrons. The number of rotatable bonds is 2. The molecule has 0 amide bonds. The van der Waals surface area contributed by atoms with E-state index in [1.165, 1.54) is 5.39 Å². The second kappa shape index (κ2) is 4.92. The van der Waals surface area contributed by atoms with Gasteiger partial charge in [-0.05, 0) is 12.1 Å². The molecule has 1 unspecified atom stereocenters. The number of ether oxygens (including phenoxy) is 1. The second-order valence-corrected chi connectivity index (χ2v) is 4.44. The van der Waals surface area contributed by atoms with Gasteiger partial charge in [0.05, 0.1) is 11.2 Å². The van der Waals surface area contributed by atoms with Gasteiger partial charge in [-0.1, -0.05) is 18.2 Å². The van der Waals surface area contributed by atoms with Crippen LogP contribution >= 0.6 is 0 Å². The van der Waals surface area contributed by atoms with E-state index in [1.807, 2.05) is 12.3 Å². The third kappa shape index (κ3) is 1.94. The number of hydrogen-bond acceptors (Lipinski definition) is 4. The Bertz CT molecular complexity index is 538. The Morgan fingerprint density at radius 3 is 3.11 bits per heavy atom. The van der Waals surface area contributed by atoms with E-state index in [1.54, 1.807) is 7.11 Å². The molecule has 1 N–H and O–H groups in total. The molecule has 4 heteroatoms. The Balaban J connectivity index is 2.07. The molecule has 3 rings (SSSR count). The molecule has 94 valence electrons. The maximum atomic E-state index is 5.54. The van der Waals surface area contributed by atoms with Crippen molar-refractivity contribution in [3.63, 3.8) is 0 Å². The lowest BCUT2D eigenvalue weighted by Gasteiger charge is -2.37. The van der Waals surface area contributed by atoms with Crippen LogP contribution in [0.15, 0.2) is 36.5 Å². The minimum atomic E-state index is 0.0753. The summed E-state index contributed by atoms with van der Waals surface area (Å²) < 4.78 is 5.54. The second-order valence-electron chi connectivity index (χ2n) is 4.44. The number of nitrogens with zero attached hydrogens (tertiary/aromatic N) is 2. The van der Waals surface area contributed by atoms with E-state index in [9.17, 15) is 0 Å². The van der Waals surface area contributed by atoms with Crippen LogP contribution in [0, 0.1) is 0 Å². The van der Waals surface area contributed by atoms with Gasteiger partial charge in [-0.3, -0.25) is 4.98 Å². The Morgan fingerprint density at radius 2 is 2.22 bits per heavy atom. The lowest BCUT2D eigenvalue weighted by Crippen LogP contribution is -2.52. The summed E-state index contributed by atoms with van der Waals surface area (Å²) >= 11 is 0. The van der Waals surface area contributed by atoms with Gasteiger partial charge in [0.15, 0.2) is 0 Å². The fourth-order valence-corrected chi connectivity index (χ4v) is 2.49. The molecule has 2 aromatic rings. The van der Waals surface area contributed by atoms with Crippen LogP contribution in [0.2, 0.25) is 0 Å². The summed E-state index contributed by atoms with van der Waals surface area (Å²) in [7, 11) is 1.75. The molecule has 1 atom stereocenters. The van der Waals surface area contributed by atoms with E-state index >= 15 is 0 Å². The number of aromatic nitrogens is 1. The van der Waals surface area contributed by atoms with Gasteiger partial charge >= 0.3 is 0 Å². The van der Waals surface area contributed by atoms with Crippen molar-refractivity contribution < 1.29 is 4.74 Å². The van der Waals surface area contributed by atoms with Crippen molar-refractivity contribution in [1.82, 2.24) is 10.3 Å². The predicted molar refractivity (Wildman–Crippen MR) is 72.8 cm³/mol. The van der Waals surface area contributed by atoms with E-state index in [2.05, 4.69) is 39.5 Å². The average molecular weight is 243 g/mol. The number of piperazine rings is 1. The van der Waals surface area contributed by atoms with Crippen LogP contribution in [0.4, 0.5) is 5.69 Å². The largest absolute Gasteiger partial charge is 0.360 e. The summed E-state index contributed by atoms with van der Waals surface area (Å²) in [5, 5.41) is 4.52. The molecule has 1 aromatic carbocycles. The first-order valence-corrected chi connectivity index (χ1v) is 6.24. The molecule has 18 heavy (non-hydrogen) atoms. The highest BCUT2D eigenvalue weighted by Crippen LogP contribution is 2.26. The number of fused-ring (bicyclic) bond motifs is 1. The van der Waals surface area contributed by atoms with Gasteiger partial charge in [0.25, 0.3) is 0 Å². The Morgan fingerprint density at radius 1 is 1.33 bits per heavy atom. The van der Waals surface area contributed by atoms with Crippen LogP contribution in [0.25, 0.3) is 10.9 Å². The zero-order chi connectivity index (χ0) is 12.4. The van der Waals surface area contributed by atoms with Gasteiger partial charge in [0, 0.05) is 38.3 Å². The van der Waals surface area contributed by atoms with Crippen LogP contribution in [-0.4, -0.2) is 38.0 Å². The maximum Gasteiger partial charge on any atom is 0.142 e. The van der Waals surface area contributed by atoms with E-state index in [-0.39, 0.29) is 6.23 Å². The first kappa shape index (κ1) is 11.4. The van der Waals surface area contributed by atoms with Crippen molar-refractivity contribution >= 4 is 16.6 Å². The summed E-state index contributed by atoms with van der Waals surface area (Å²) in [6.45, 7) is 2.76. The number of anilines is 1. The van der Waals surface area contributed by atoms with Crippen LogP contribution in [-0.2, 0) is 4.74 Å². The molecule has 1 fully saturated rings. The van der Waals surface area contributed by atoms with Crippen molar-refractivity contribution in [2.75, 3.05) is 31.6 Å². The number of nitrogens with one attached hydrogen (secondary N) is 1. The molecule has 2 heterocycles. The molecule has 0 saturated carbocycles. The maximum absolute atomic E-state index is 5.54. The van der Waals surface area contributed by atoms with Crippen LogP contribution in [0.3, 0.4) is 0 Å². The lowest BCUT2D eigenvalue weighted by molar-refractivity contribution is 0.0883. The fourth-order valence-electron chi connectivity index (χ4n) is 2.49. The van der Waals surface area contributed by atoms with E-state index in [0.29, 0.717) is 0 Å². The monoisotopic (exact) mass is 243 g/mol. The highest BCUT2D eigenvalue weighted by Gasteiger charge is 2.23. The smallest absolute Gasteiger partial charge is 0.142 e. The summed E-state index contributed by atoms with van der Waals surface area (Å²) in [6.07, 6.45) is 1.92. The van der Waals surface area contributed by atoms with Crippen LogP contribution in [0.5, 0.6) is 0 Å². The minimum absolute atomic E-state index is 0.0753. The third-order valence-electron chi connectivity index (χ3n) is 3.39. The third-order valence-corrected chi connectivity index (χ3v) is 3.39.